The molecule has 0 bridgehead atoms. The fourth-order valence-electron chi connectivity index (χ4n) is 10.6. The molecule has 17 nitrogen and oxygen atoms in total. The number of hydrogen-bond donors (Lipinski definition) is 4. The molecule has 382 valence electrons. The molecule has 0 spiro atoms. The van der Waals surface area contributed by atoms with Crippen molar-refractivity contribution in [3.63, 3.8) is 0 Å². The van der Waals surface area contributed by atoms with E-state index in [0.717, 1.165) is 26.7 Å². The number of carbonyl (C=O) groups excluding carboxylic acids is 4. The van der Waals surface area contributed by atoms with Crippen molar-refractivity contribution in [1.29, 1.82) is 0 Å². The molecule has 3 aliphatic rings. The Morgan fingerprint density at radius 2 is 1.70 bits per heavy atom. The number of amides is 4. The van der Waals surface area contributed by atoms with Crippen LogP contribution in [-0.2, 0) is 34.4 Å². The van der Waals surface area contributed by atoms with Gasteiger partial charge in [0.1, 0.15) is 11.6 Å². The van der Waals surface area contributed by atoms with Crippen LogP contribution in [0.25, 0.3) is 32.2 Å². The third-order valence-corrected chi connectivity index (χ3v) is 15.1. The van der Waals surface area contributed by atoms with Crippen molar-refractivity contribution in [3.05, 3.63) is 125 Å². The molecule has 10 rings (SSSR count). The van der Waals surface area contributed by atoms with Crippen molar-refractivity contribution >= 4 is 78.7 Å². The van der Waals surface area contributed by atoms with Crippen LogP contribution < -0.4 is 25.6 Å². The van der Waals surface area contributed by atoms with Crippen LogP contribution in [-0.4, -0.2) is 122 Å². The predicted octanol–water partition coefficient (Wildman–Crippen LogP) is 7.63. The molecule has 2 saturated heterocycles. The molecule has 4 amide bonds. The Balaban J connectivity index is 0.752. The molecule has 2 fully saturated rings. The summed E-state index contributed by atoms with van der Waals surface area (Å²) >= 11 is 1.39. The van der Waals surface area contributed by atoms with Gasteiger partial charge in [-0.3, -0.25) is 44.3 Å². The number of piperazine rings is 1. The average Bonchev–Trinajstić information content (AvgIpc) is 3.93. The zero-order chi connectivity index (χ0) is 52.0. The minimum absolute atomic E-state index is 0.0405. The molecular formula is C54H54F2N10O7S. The molecule has 3 aromatic heterocycles. The fourth-order valence-corrected chi connectivity index (χ4v) is 11.4. The summed E-state index contributed by atoms with van der Waals surface area (Å²) < 4.78 is 40.1. The molecule has 20 heteroatoms. The first-order valence-corrected chi connectivity index (χ1v) is 25.3. The first kappa shape index (κ1) is 49.9. The molecule has 3 aliphatic heterocycles. The second kappa shape index (κ2) is 20.3. The lowest BCUT2D eigenvalue weighted by molar-refractivity contribution is -0.134. The number of benzene rings is 4. The molecule has 3 atom stereocenters. The zero-order valence-corrected chi connectivity index (χ0v) is 42.0. The number of pyridine rings is 1. The van der Waals surface area contributed by atoms with Gasteiger partial charge in [0.15, 0.2) is 17.4 Å². The number of imide groups is 1. The van der Waals surface area contributed by atoms with Crippen molar-refractivity contribution in [1.82, 2.24) is 34.9 Å². The van der Waals surface area contributed by atoms with Crippen molar-refractivity contribution in [2.45, 2.75) is 70.5 Å². The van der Waals surface area contributed by atoms with E-state index in [9.17, 15) is 29.1 Å². The number of anilines is 3. The average molecular weight is 1030 g/mol. The highest BCUT2D eigenvalue weighted by atomic mass is 32.1. The summed E-state index contributed by atoms with van der Waals surface area (Å²) in [6, 6.07) is 26.4. The third-order valence-electron chi connectivity index (χ3n) is 14.1. The maximum absolute atomic E-state index is 15.8. The number of aromatic nitrogens is 4. The van der Waals surface area contributed by atoms with Gasteiger partial charge in [-0.1, -0.05) is 47.7 Å². The van der Waals surface area contributed by atoms with Gasteiger partial charge in [-0.15, -0.1) is 0 Å². The van der Waals surface area contributed by atoms with Gasteiger partial charge < -0.3 is 20.1 Å². The Hall–Kier alpha value is -7.68. The van der Waals surface area contributed by atoms with Gasteiger partial charge in [0, 0.05) is 73.9 Å². The van der Waals surface area contributed by atoms with Gasteiger partial charge in [-0.2, -0.15) is 5.10 Å². The lowest BCUT2D eigenvalue weighted by atomic mass is 9.93. The number of nitrogens with zero attached hydrogens (tertiary/aromatic N) is 7. The van der Waals surface area contributed by atoms with E-state index in [2.05, 4.69) is 31.0 Å². The largest absolute Gasteiger partial charge is 0.487 e. The third kappa shape index (κ3) is 10.3. The number of carboxylic acid groups (broad SMARTS) is 1. The molecular weight excluding hydrogens is 971 g/mol. The van der Waals surface area contributed by atoms with E-state index in [-0.39, 0.29) is 73.2 Å². The topological polar surface area (TPSA) is 204 Å². The number of carbonyl (C=O) groups is 5. The summed E-state index contributed by atoms with van der Waals surface area (Å²) in [5.74, 6) is -5.72. The summed E-state index contributed by atoms with van der Waals surface area (Å²) in [4.78, 5) is 78.9. The Labute approximate surface area is 428 Å². The number of rotatable bonds is 14. The number of aryl methyl sites for hydroxylation is 1. The van der Waals surface area contributed by atoms with E-state index in [1.807, 2.05) is 60.0 Å². The van der Waals surface area contributed by atoms with E-state index in [4.69, 9.17) is 4.74 Å². The Morgan fingerprint density at radius 1 is 0.919 bits per heavy atom. The van der Waals surface area contributed by atoms with Crippen LogP contribution in [0.2, 0.25) is 0 Å². The smallest absolute Gasteiger partial charge is 0.355 e. The van der Waals surface area contributed by atoms with Crippen LogP contribution in [0.5, 0.6) is 5.75 Å². The number of nitrogens with one attached hydrogen (secondary N) is 3. The van der Waals surface area contributed by atoms with Crippen molar-refractivity contribution < 1.29 is 42.6 Å². The minimum atomic E-state index is -3.26. The molecule has 0 aliphatic carbocycles. The predicted molar refractivity (Wildman–Crippen MR) is 277 cm³/mol. The molecule has 1 unspecified atom stereocenters. The Kier molecular flexibility index (Phi) is 13.7. The number of para-hydroxylation sites is 1. The van der Waals surface area contributed by atoms with Crippen LogP contribution in [0.3, 0.4) is 0 Å². The highest BCUT2D eigenvalue weighted by Gasteiger charge is 2.39. The van der Waals surface area contributed by atoms with E-state index in [1.54, 1.807) is 78.2 Å². The number of ether oxygens (including phenoxy) is 1. The van der Waals surface area contributed by atoms with Crippen molar-refractivity contribution in [2.75, 3.05) is 54.9 Å². The number of alkyl halides is 2. The number of halogens is 2. The highest BCUT2D eigenvalue weighted by Crippen LogP contribution is 2.36. The molecule has 4 aromatic carbocycles. The number of aromatic carboxylic acids is 1. The lowest BCUT2D eigenvalue weighted by Gasteiger charge is -2.44. The van der Waals surface area contributed by atoms with Crippen LogP contribution in [0.15, 0.2) is 91.0 Å². The Morgan fingerprint density at radius 3 is 2.47 bits per heavy atom. The molecule has 74 heavy (non-hydrogen) atoms. The number of carboxylic acids is 1. The lowest BCUT2D eigenvalue weighted by Crippen LogP contribution is -2.60. The van der Waals surface area contributed by atoms with Gasteiger partial charge >= 0.3 is 5.97 Å². The standard InChI is InChI=1S/C54H54F2N10O7S/c1-30-24-64(25-31(2)66(30)27-47(68)57-34-15-16-38-42(23-34)63(4)62-48(38)39-18-20-46(67)60-51(39)70)28-54(55,56)29-73-43-13-8-10-35(32(43)3)36-17-19-45(59-49(36)52(71)72)65-22-21-33-9-7-11-37(40(33)26-65)50(69)61-53-58-41-12-5-6-14-44(41)74-53/h5-17,19,23,30-31,39H,18,20-22,24-29H2,1-4H3,(H,57,68)(H,71,72)(H,58,61,69)(H,60,67,70)/t30-,31+,39?. The SMILES string of the molecule is Cc1c(OCC(F)(F)CN2C[C@@H](C)N(CC(=O)Nc3ccc4c(C5CCC(=O)NC5=O)nn(C)c4c3)[C@@H](C)C2)cccc1-c1ccc(N2CCc3cccc(C(=O)Nc4nc5ccccc5s4)c3C2)nc1C(=O)O. The van der Waals surface area contributed by atoms with Gasteiger partial charge in [-0.05, 0) is 110 Å². The van der Waals surface area contributed by atoms with Crippen LogP contribution in [0, 0.1) is 6.92 Å². The summed E-state index contributed by atoms with van der Waals surface area (Å²) in [5, 5.41) is 24.6. The number of hydrogen-bond acceptors (Lipinski definition) is 13. The van der Waals surface area contributed by atoms with E-state index in [0.29, 0.717) is 76.0 Å². The van der Waals surface area contributed by atoms with Crippen LogP contribution in [0.1, 0.15) is 75.8 Å². The Bertz CT molecular complexity index is 3330. The summed E-state index contributed by atoms with van der Waals surface area (Å²) in [5.41, 5.74) is 5.97. The molecule has 4 N–H and O–H groups in total. The second-order valence-corrected chi connectivity index (χ2v) is 20.4. The number of piperidine rings is 1. The normalized spacial score (nSPS) is 18.6. The minimum Gasteiger partial charge on any atom is -0.487 e. The van der Waals surface area contributed by atoms with Crippen LogP contribution >= 0.6 is 11.3 Å². The first-order valence-electron chi connectivity index (χ1n) is 24.4. The van der Waals surface area contributed by atoms with Crippen molar-refractivity contribution in [2.24, 2.45) is 7.05 Å². The van der Waals surface area contributed by atoms with E-state index < -0.39 is 31.0 Å². The maximum Gasteiger partial charge on any atom is 0.355 e. The molecule has 0 radical (unpaired) electrons. The molecule has 6 heterocycles. The summed E-state index contributed by atoms with van der Waals surface area (Å²) in [6.07, 6.45) is 1.20. The monoisotopic (exact) mass is 1020 g/mol. The molecule has 7 aromatic rings. The quantitative estimate of drug-likeness (QED) is 0.0775. The second-order valence-electron chi connectivity index (χ2n) is 19.4. The van der Waals surface area contributed by atoms with Crippen LogP contribution in [0.4, 0.5) is 25.4 Å². The fraction of sp³-hybridized carbons (Fsp3) is 0.333. The highest BCUT2D eigenvalue weighted by molar-refractivity contribution is 7.22. The van der Waals surface area contributed by atoms with Crippen molar-refractivity contribution in [3.8, 4) is 16.9 Å². The summed E-state index contributed by atoms with van der Waals surface area (Å²) in [7, 11) is 1.75. The first-order chi connectivity index (χ1) is 35.5. The van der Waals surface area contributed by atoms with E-state index >= 15 is 8.78 Å². The van der Waals surface area contributed by atoms with Gasteiger partial charge in [0.05, 0.1) is 40.4 Å². The van der Waals surface area contributed by atoms with E-state index in [1.165, 1.54) is 11.3 Å². The number of fused-ring (bicyclic) bond motifs is 3. The number of thiazole rings is 1. The zero-order valence-electron chi connectivity index (χ0n) is 41.2. The molecule has 0 saturated carbocycles. The van der Waals surface area contributed by atoms with Gasteiger partial charge in [0.2, 0.25) is 17.7 Å². The van der Waals surface area contributed by atoms with Gasteiger partial charge in [0.25, 0.3) is 11.8 Å². The van der Waals surface area contributed by atoms with Gasteiger partial charge in [-0.25, -0.2) is 23.5 Å². The maximum atomic E-state index is 15.8. The summed E-state index contributed by atoms with van der Waals surface area (Å²) in [6.45, 7) is 5.48.